The van der Waals surface area contributed by atoms with E-state index < -0.39 is 28.0 Å². The fraction of sp³-hybridized carbons (Fsp3) is 0.160. The van der Waals surface area contributed by atoms with Crippen molar-refractivity contribution in [1.29, 1.82) is 0 Å². The van der Waals surface area contributed by atoms with E-state index in [0.717, 1.165) is 11.1 Å². The number of hydrogen-bond donors (Lipinski definition) is 1. The van der Waals surface area contributed by atoms with Crippen LogP contribution in [0.5, 0.6) is 0 Å². The van der Waals surface area contributed by atoms with Crippen molar-refractivity contribution in [1.82, 2.24) is 4.72 Å². The minimum atomic E-state index is -3.81. The molecule has 0 aliphatic carbocycles. The van der Waals surface area contributed by atoms with Crippen molar-refractivity contribution in [3.8, 4) is 0 Å². The Kier molecular flexibility index (Phi) is 7.76. The summed E-state index contributed by atoms with van der Waals surface area (Å²) < 4.78 is 33.8. The zero-order valence-electron chi connectivity index (χ0n) is 17.2. The van der Waals surface area contributed by atoms with Crippen molar-refractivity contribution in [2.45, 2.75) is 23.3 Å². The zero-order chi connectivity index (χ0) is 22.1. The first-order valence-electron chi connectivity index (χ1n) is 9.92. The molecule has 1 N–H and O–H groups in total. The number of sulfonamides is 1. The predicted octanol–water partition coefficient (Wildman–Crippen LogP) is 4.39. The largest absolute Gasteiger partial charge is 0.469 e. The van der Waals surface area contributed by atoms with Gasteiger partial charge in [0, 0.05) is 12.0 Å². The molecule has 3 aromatic rings. The molecule has 0 aliphatic rings. The zero-order valence-corrected chi connectivity index (χ0v) is 18.0. The molecule has 0 unspecified atom stereocenters. The molecule has 0 aromatic heterocycles. The Hall–Kier alpha value is -3.22. The lowest BCUT2D eigenvalue weighted by molar-refractivity contribution is -0.141. The third-order valence-electron chi connectivity index (χ3n) is 4.92. The van der Waals surface area contributed by atoms with Crippen LogP contribution in [-0.4, -0.2) is 27.5 Å². The van der Waals surface area contributed by atoms with Gasteiger partial charge >= 0.3 is 5.97 Å². The lowest BCUT2D eigenvalue weighted by atomic mass is 9.88. The molecular formula is C25H25NO4S. The highest BCUT2D eigenvalue weighted by Crippen LogP contribution is 2.27. The maximum atomic E-state index is 13.1. The molecule has 3 aromatic carbocycles. The average molecular weight is 436 g/mol. The van der Waals surface area contributed by atoms with Crippen LogP contribution in [0.2, 0.25) is 0 Å². The van der Waals surface area contributed by atoms with Crippen molar-refractivity contribution in [3.63, 3.8) is 0 Å². The molecule has 31 heavy (non-hydrogen) atoms. The van der Waals surface area contributed by atoms with Gasteiger partial charge in [-0.25, -0.2) is 13.1 Å². The lowest BCUT2D eigenvalue weighted by Crippen LogP contribution is -2.38. The van der Waals surface area contributed by atoms with Gasteiger partial charge in [0.15, 0.2) is 0 Å². The summed E-state index contributed by atoms with van der Waals surface area (Å²) in [6.45, 7) is 0. The van der Waals surface area contributed by atoms with Crippen LogP contribution >= 0.6 is 0 Å². The molecule has 0 amide bonds. The van der Waals surface area contributed by atoms with Crippen LogP contribution in [0.15, 0.2) is 102 Å². The fourth-order valence-electron chi connectivity index (χ4n) is 3.30. The summed E-state index contributed by atoms with van der Waals surface area (Å²) in [4.78, 5) is 12.4. The number of esters is 1. The number of ether oxygens (including phenoxy) is 1. The van der Waals surface area contributed by atoms with Gasteiger partial charge in [0.1, 0.15) is 0 Å². The molecule has 0 fully saturated rings. The Morgan fingerprint density at radius 3 is 2.03 bits per heavy atom. The Bertz CT molecular complexity index is 1100. The average Bonchev–Trinajstić information content (AvgIpc) is 2.82. The van der Waals surface area contributed by atoms with Crippen LogP contribution in [-0.2, 0) is 19.6 Å². The molecule has 0 radical (unpaired) electrons. The second-order valence-electron chi connectivity index (χ2n) is 7.03. The number of rotatable bonds is 9. The van der Waals surface area contributed by atoms with Gasteiger partial charge in [-0.05, 0) is 23.3 Å². The minimum Gasteiger partial charge on any atom is -0.469 e. The van der Waals surface area contributed by atoms with E-state index in [4.69, 9.17) is 4.74 Å². The summed E-state index contributed by atoms with van der Waals surface area (Å²) in [6, 6.07) is 26.5. The summed E-state index contributed by atoms with van der Waals surface area (Å²) in [6.07, 6.45) is 3.67. The lowest BCUT2D eigenvalue weighted by Gasteiger charge is -2.25. The van der Waals surface area contributed by atoms with Gasteiger partial charge in [0.25, 0.3) is 0 Å². The topological polar surface area (TPSA) is 72.5 Å². The van der Waals surface area contributed by atoms with E-state index in [2.05, 4.69) is 4.72 Å². The van der Waals surface area contributed by atoms with Gasteiger partial charge in [0.05, 0.1) is 18.4 Å². The first-order chi connectivity index (χ1) is 15.0. The van der Waals surface area contributed by atoms with Crippen molar-refractivity contribution < 1.29 is 17.9 Å². The number of hydrogen-bond acceptors (Lipinski definition) is 4. The summed E-state index contributed by atoms with van der Waals surface area (Å²) >= 11 is 0. The van der Waals surface area contributed by atoms with Crippen LogP contribution in [0.25, 0.3) is 6.08 Å². The SMILES string of the molecule is COC(=O)C[C@@H](c1ccccc1)[C@@H](/C=C/c1ccccc1)NS(=O)(=O)c1ccccc1. The predicted molar refractivity (Wildman–Crippen MR) is 122 cm³/mol. The summed E-state index contributed by atoms with van der Waals surface area (Å²) in [7, 11) is -2.49. The maximum absolute atomic E-state index is 13.1. The summed E-state index contributed by atoms with van der Waals surface area (Å²) in [5.74, 6) is -0.863. The minimum absolute atomic E-state index is 0.0294. The van der Waals surface area contributed by atoms with Gasteiger partial charge in [-0.1, -0.05) is 91.0 Å². The van der Waals surface area contributed by atoms with E-state index >= 15 is 0 Å². The number of nitrogens with one attached hydrogen (secondary N) is 1. The molecule has 5 nitrogen and oxygen atoms in total. The van der Waals surface area contributed by atoms with Gasteiger partial charge in [-0.15, -0.1) is 0 Å². The number of methoxy groups -OCH3 is 1. The van der Waals surface area contributed by atoms with Gasteiger partial charge < -0.3 is 4.74 Å². The van der Waals surface area contributed by atoms with E-state index in [9.17, 15) is 13.2 Å². The van der Waals surface area contributed by atoms with Gasteiger partial charge in [0.2, 0.25) is 10.0 Å². The van der Waals surface area contributed by atoms with Crippen molar-refractivity contribution in [2.24, 2.45) is 0 Å². The summed E-state index contributed by atoms with van der Waals surface area (Å²) in [5.41, 5.74) is 1.77. The Balaban J connectivity index is 2.01. The standard InChI is InChI=1S/C25H25NO4S/c1-30-25(27)19-23(21-13-7-3-8-14-21)24(18-17-20-11-5-2-6-12-20)26-31(28,29)22-15-9-4-10-16-22/h2-18,23-24,26H,19H2,1H3/b18-17+/t23-,24+/m0/s1. The van der Waals surface area contributed by atoms with E-state index in [1.54, 1.807) is 24.3 Å². The molecule has 160 valence electrons. The molecule has 6 heteroatoms. The molecule has 0 bridgehead atoms. The molecule has 0 spiro atoms. The van der Waals surface area contributed by atoms with Crippen LogP contribution < -0.4 is 4.72 Å². The van der Waals surface area contributed by atoms with Gasteiger partial charge in [-0.2, -0.15) is 0 Å². The molecule has 0 aliphatic heterocycles. The molecule has 0 saturated heterocycles. The quantitative estimate of drug-likeness (QED) is 0.506. The van der Waals surface area contributed by atoms with Crippen molar-refractivity contribution >= 4 is 22.1 Å². The van der Waals surface area contributed by atoms with E-state index in [1.807, 2.05) is 66.7 Å². The number of carbonyl (C=O) groups excluding carboxylic acids is 1. The molecule has 0 saturated carbocycles. The van der Waals surface area contributed by atoms with Crippen LogP contribution in [0.4, 0.5) is 0 Å². The molecule has 0 heterocycles. The highest BCUT2D eigenvalue weighted by Gasteiger charge is 2.29. The van der Waals surface area contributed by atoms with Gasteiger partial charge in [-0.3, -0.25) is 4.79 Å². The van der Waals surface area contributed by atoms with Crippen LogP contribution in [0, 0.1) is 0 Å². The molecule has 2 atom stereocenters. The Morgan fingerprint density at radius 1 is 0.903 bits per heavy atom. The van der Waals surface area contributed by atoms with Crippen molar-refractivity contribution in [3.05, 3.63) is 108 Å². The summed E-state index contributed by atoms with van der Waals surface area (Å²) in [5, 5.41) is 0. The Morgan fingerprint density at radius 2 is 1.45 bits per heavy atom. The molecule has 3 rings (SSSR count). The normalized spacial score (nSPS) is 13.6. The van der Waals surface area contributed by atoms with E-state index in [1.165, 1.54) is 19.2 Å². The first kappa shape index (κ1) is 22.5. The molecular weight excluding hydrogens is 410 g/mol. The third-order valence-corrected chi connectivity index (χ3v) is 6.39. The fourth-order valence-corrected chi connectivity index (χ4v) is 4.55. The Labute approximate surface area is 183 Å². The van der Waals surface area contributed by atoms with Crippen molar-refractivity contribution in [2.75, 3.05) is 7.11 Å². The third kappa shape index (κ3) is 6.38. The maximum Gasteiger partial charge on any atom is 0.306 e. The monoisotopic (exact) mass is 435 g/mol. The van der Waals surface area contributed by atoms with E-state index in [-0.39, 0.29) is 11.3 Å². The number of benzene rings is 3. The highest BCUT2D eigenvalue weighted by molar-refractivity contribution is 7.89. The van der Waals surface area contributed by atoms with Crippen LogP contribution in [0.1, 0.15) is 23.5 Å². The second kappa shape index (κ2) is 10.7. The number of carbonyl (C=O) groups is 1. The highest BCUT2D eigenvalue weighted by atomic mass is 32.2. The second-order valence-corrected chi connectivity index (χ2v) is 8.74. The smallest absolute Gasteiger partial charge is 0.306 e. The first-order valence-corrected chi connectivity index (χ1v) is 11.4. The van der Waals surface area contributed by atoms with E-state index in [0.29, 0.717) is 0 Å². The van der Waals surface area contributed by atoms with Crippen LogP contribution in [0.3, 0.4) is 0 Å².